The van der Waals surface area contributed by atoms with Crippen LogP contribution >= 0.6 is 0 Å². The van der Waals surface area contributed by atoms with Crippen molar-refractivity contribution < 1.29 is 17.6 Å². The van der Waals surface area contributed by atoms with Crippen LogP contribution in [0.25, 0.3) is 17.0 Å². The van der Waals surface area contributed by atoms with Crippen LogP contribution in [0.2, 0.25) is 0 Å². The summed E-state index contributed by atoms with van der Waals surface area (Å²) in [6.07, 6.45) is 1.32. The summed E-state index contributed by atoms with van der Waals surface area (Å²) in [5.41, 5.74) is 2.12. The molecule has 0 saturated heterocycles. The van der Waals surface area contributed by atoms with Crippen molar-refractivity contribution in [1.29, 1.82) is 0 Å². The fourth-order valence-electron chi connectivity index (χ4n) is 2.94. The van der Waals surface area contributed by atoms with Crippen LogP contribution in [0.4, 0.5) is 13.2 Å². The average Bonchev–Trinajstić information content (AvgIpc) is 3.03. The first-order valence-corrected chi connectivity index (χ1v) is 8.87. The van der Waals surface area contributed by atoms with Gasteiger partial charge < -0.3 is 4.42 Å². The van der Waals surface area contributed by atoms with Gasteiger partial charge in [-0.05, 0) is 37.6 Å². The van der Waals surface area contributed by atoms with Crippen molar-refractivity contribution in [3.8, 4) is 0 Å². The number of nitrogens with zero attached hydrogens (tertiary/aromatic N) is 1. The molecule has 2 nitrogen and oxygen atoms in total. The highest BCUT2D eigenvalue weighted by Gasteiger charge is 2.29. The molecule has 0 amide bonds. The lowest BCUT2D eigenvalue weighted by Gasteiger charge is -2.24. The SMILES string of the molecule is CC(C)N(C/C=C/c1ccc(C(F)(F)F)cc1)Cc1coc2ccccc12. The molecule has 0 saturated carbocycles. The Morgan fingerprint density at radius 2 is 1.74 bits per heavy atom. The largest absolute Gasteiger partial charge is 0.464 e. The summed E-state index contributed by atoms with van der Waals surface area (Å²) < 4.78 is 43.5. The summed E-state index contributed by atoms with van der Waals surface area (Å²) >= 11 is 0. The number of benzene rings is 2. The quantitative estimate of drug-likeness (QED) is 0.499. The molecular weight excluding hydrogens is 351 g/mol. The van der Waals surface area contributed by atoms with Gasteiger partial charge in [-0.15, -0.1) is 0 Å². The maximum absolute atomic E-state index is 12.6. The molecule has 3 rings (SSSR count). The normalized spacial score (nSPS) is 12.7. The van der Waals surface area contributed by atoms with Crippen molar-refractivity contribution in [2.45, 2.75) is 32.6 Å². The highest BCUT2D eigenvalue weighted by atomic mass is 19.4. The van der Waals surface area contributed by atoms with Gasteiger partial charge in [-0.3, -0.25) is 4.90 Å². The molecule has 142 valence electrons. The summed E-state index contributed by atoms with van der Waals surface area (Å²) in [5.74, 6) is 0. The third-order valence-corrected chi connectivity index (χ3v) is 4.55. The maximum atomic E-state index is 12.6. The molecule has 0 aliphatic heterocycles. The Bertz CT molecular complexity index is 907. The zero-order valence-corrected chi connectivity index (χ0v) is 15.3. The Labute approximate surface area is 156 Å². The third kappa shape index (κ3) is 4.80. The van der Waals surface area contributed by atoms with E-state index in [2.05, 4.69) is 18.7 Å². The fourth-order valence-corrected chi connectivity index (χ4v) is 2.94. The molecule has 5 heteroatoms. The van der Waals surface area contributed by atoms with E-state index in [4.69, 9.17) is 4.42 Å². The Hall–Kier alpha value is -2.53. The van der Waals surface area contributed by atoms with E-state index in [1.165, 1.54) is 12.1 Å². The number of hydrogen-bond acceptors (Lipinski definition) is 2. The molecule has 0 spiro atoms. The molecule has 0 N–H and O–H groups in total. The van der Waals surface area contributed by atoms with E-state index in [0.717, 1.165) is 40.8 Å². The van der Waals surface area contributed by atoms with Gasteiger partial charge in [-0.1, -0.05) is 42.5 Å². The van der Waals surface area contributed by atoms with Gasteiger partial charge in [0.05, 0.1) is 11.8 Å². The number of furan rings is 1. The van der Waals surface area contributed by atoms with E-state index in [1.54, 1.807) is 6.26 Å². The van der Waals surface area contributed by atoms with Gasteiger partial charge in [0, 0.05) is 30.1 Å². The minimum Gasteiger partial charge on any atom is -0.464 e. The van der Waals surface area contributed by atoms with Crippen LogP contribution < -0.4 is 0 Å². The van der Waals surface area contributed by atoms with E-state index in [-0.39, 0.29) is 0 Å². The van der Waals surface area contributed by atoms with Crippen molar-refractivity contribution in [2.75, 3.05) is 6.54 Å². The van der Waals surface area contributed by atoms with Gasteiger partial charge >= 0.3 is 6.18 Å². The smallest absolute Gasteiger partial charge is 0.416 e. The van der Waals surface area contributed by atoms with E-state index in [9.17, 15) is 13.2 Å². The first-order valence-electron chi connectivity index (χ1n) is 8.87. The van der Waals surface area contributed by atoms with E-state index in [1.807, 2.05) is 36.4 Å². The van der Waals surface area contributed by atoms with Crippen molar-refractivity contribution in [2.24, 2.45) is 0 Å². The monoisotopic (exact) mass is 373 g/mol. The molecule has 0 unspecified atom stereocenters. The summed E-state index contributed by atoms with van der Waals surface area (Å²) in [6, 6.07) is 13.4. The maximum Gasteiger partial charge on any atom is 0.416 e. The second-order valence-corrected chi connectivity index (χ2v) is 6.80. The lowest BCUT2D eigenvalue weighted by atomic mass is 10.1. The molecule has 0 atom stereocenters. The number of halogens is 3. The van der Waals surface area contributed by atoms with Gasteiger partial charge in [0.2, 0.25) is 0 Å². The molecule has 2 aromatic carbocycles. The van der Waals surface area contributed by atoms with Crippen molar-refractivity contribution in [1.82, 2.24) is 4.90 Å². The Kier molecular flexibility index (Phi) is 5.71. The molecule has 3 aromatic rings. The van der Waals surface area contributed by atoms with Gasteiger partial charge in [0.15, 0.2) is 0 Å². The molecule has 1 aromatic heterocycles. The average molecular weight is 373 g/mol. The van der Waals surface area contributed by atoms with Gasteiger partial charge in [-0.2, -0.15) is 13.2 Å². The van der Waals surface area contributed by atoms with Gasteiger partial charge in [0.25, 0.3) is 0 Å². The Balaban J connectivity index is 1.67. The van der Waals surface area contributed by atoms with Crippen LogP contribution in [-0.4, -0.2) is 17.5 Å². The summed E-state index contributed by atoms with van der Waals surface area (Å²) in [5, 5.41) is 1.11. The molecule has 0 aliphatic carbocycles. The van der Waals surface area contributed by atoms with E-state index >= 15 is 0 Å². The second kappa shape index (κ2) is 8.01. The third-order valence-electron chi connectivity index (χ3n) is 4.55. The first-order chi connectivity index (χ1) is 12.8. The number of rotatable bonds is 6. The number of fused-ring (bicyclic) bond motifs is 1. The standard InChI is InChI=1S/C22H22F3NO/c1-16(2)26(14-18-15-27-21-8-4-3-7-20(18)21)13-5-6-17-9-11-19(12-10-17)22(23,24)25/h3-12,15-16H,13-14H2,1-2H3/b6-5+. The second-order valence-electron chi connectivity index (χ2n) is 6.80. The predicted molar refractivity (Wildman–Crippen MR) is 102 cm³/mol. The highest BCUT2D eigenvalue weighted by Crippen LogP contribution is 2.29. The number of para-hydroxylation sites is 1. The number of hydrogen-bond donors (Lipinski definition) is 0. The minimum absolute atomic E-state index is 0.316. The summed E-state index contributed by atoms with van der Waals surface area (Å²) in [6.45, 7) is 5.67. The predicted octanol–water partition coefficient (Wildman–Crippen LogP) is 6.38. The molecular formula is C22H22F3NO. The molecule has 0 fully saturated rings. The van der Waals surface area contributed by atoms with Gasteiger partial charge in [0.1, 0.15) is 5.58 Å². The van der Waals surface area contributed by atoms with Crippen molar-refractivity contribution in [3.63, 3.8) is 0 Å². The van der Waals surface area contributed by atoms with Crippen molar-refractivity contribution in [3.05, 3.63) is 77.6 Å². The topological polar surface area (TPSA) is 16.4 Å². The van der Waals surface area contributed by atoms with E-state index in [0.29, 0.717) is 12.6 Å². The van der Waals surface area contributed by atoms with E-state index < -0.39 is 11.7 Å². The Morgan fingerprint density at radius 3 is 2.41 bits per heavy atom. The van der Waals surface area contributed by atoms with Crippen LogP contribution in [0.5, 0.6) is 0 Å². The number of alkyl halides is 3. The lowest BCUT2D eigenvalue weighted by Crippen LogP contribution is -2.30. The van der Waals surface area contributed by atoms with Crippen LogP contribution in [0, 0.1) is 0 Å². The summed E-state index contributed by atoms with van der Waals surface area (Å²) in [7, 11) is 0. The zero-order valence-electron chi connectivity index (χ0n) is 15.3. The molecule has 27 heavy (non-hydrogen) atoms. The fraction of sp³-hybridized carbons (Fsp3) is 0.273. The zero-order chi connectivity index (χ0) is 19.4. The highest BCUT2D eigenvalue weighted by molar-refractivity contribution is 5.80. The molecule has 0 aliphatic rings. The van der Waals surface area contributed by atoms with Crippen LogP contribution in [0.3, 0.4) is 0 Å². The Morgan fingerprint density at radius 1 is 1.04 bits per heavy atom. The molecule has 1 heterocycles. The van der Waals surface area contributed by atoms with Crippen LogP contribution in [0.15, 0.2) is 65.3 Å². The first kappa shape index (κ1) is 19.2. The van der Waals surface area contributed by atoms with Crippen molar-refractivity contribution >= 4 is 17.0 Å². The van der Waals surface area contributed by atoms with Crippen LogP contribution in [0.1, 0.15) is 30.5 Å². The van der Waals surface area contributed by atoms with Crippen LogP contribution in [-0.2, 0) is 12.7 Å². The molecule has 0 radical (unpaired) electrons. The lowest BCUT2D eigenvalue weighted by molar-refractivity contribution is -0.137. The van der Waals surface area contributed by atoms with Gasteiger partial charge in [-0.25, -0.2) is 0 Å². The minimum atomic E-state index is -4.30. The molecule has 0 bridgehead atoms. The summed E-state index contributed by atoms with van der Waals surface area (Å²) in [4.78, 5) is 2.28.